The lowest BCUT2D eigenvalue weighted by Gasteiger charge is -2.38. The molecule has 0 spiro atoms. The lowest BCUT2D eigenvalue weighted by atomic mass is 9.86. The molecule has 2 aliphatic rings. The first-order chi connectivity index (χ1) is 18.7. The van der Waals surface area contributed by atoms with E-state index in [4.69, 9.17) is 0 Å². The van der Waals surface area contributed by atoms with Crippen LogP contribution in [-0.2, 0) is 22.8 Å². The predicted molar refractivity (Wildman–Crippen MR) is 144 cm³/mol. The van der Waals surface area contributed by atoms with Crippen molar-refractivity contribution in [2.75, 3.05) is 7.05 Å². The van der Waals surface area contributed by atoms with E-state index >= 15 is 0 Å². The fourth-order valence-electron chi connectivity index (χ4n) is 5.66. The van der Waals surface area contributed by atoms with Gasteiger partial charge in [0, 0.05) is 19.1 Å². The maximum absolute atomic E-state index is 13.8. The minimum atomic E-state index is -4.82. The van der Waals surface area contributed by atoms with Crippen molar-refractivity contribution >= 4 is 9.92 Å². The van der Waals surface area contributed by atoms with E-state index < -0.39 is 34.2 Å². The number of aliphatic hydroxyl groups excluding tert-OH is 1. The Morgan fingerprint density at radius 2 is 1.46 bits per heavy atom. The SMILES string of the molecule is CN=S(=O)(NC1CCCC(NC2c3ccccc3CCc3ccccc32)C1O)c1ccc(OC(F)(F)F)cc1. The highest BCUT2D eigenvalue weighted by Crippen LogP contribution is 2.34. The van der Waals surface area contributed by atoms with Gasteiger partial charge in [-0.25, -0.2) is 13.3 Å². The number of hydrogen-bond acceptors (Lipinski definition) is 5. The number of rotatable bonds is 6. The Labute approximate surface area is 226 Å². The number of alkyl halides is 3. The van der Waals surface area contributed by atoms with Crippen molar-refractivity contribution in [3.63, 3.8) is 0 Å². The molecule has 0 bridgehead atoms. The number of nitrogens with zero attached hydrogens (tertiary/aromatic N) is 1. The fourth-order valence-corrected chi connectivity index (χ4v) is 7.29. The number of hydrogen-bond donors (Lipinski definition) is 3. The molecule has 0 amide bonds. The molecule has 0 saturated heterocycles. The maximum atomic E-state index is 13.8. The Morgan fingerprint density at radius 3 is 2.03 bits per heavy atom. The molecule has 3 aromatic carbocycles. The number of aliphatic hydroxyl groups is 1. The van der Waals surface area contributed by atoms with Crippen LogP contribution in [0.5, 0.6) is 5.75 Å². The first-order valence-electron chi connectivity index (χ1n) is 13.0. The van der Waals surface area contributed by atoms with Gasteiger partial charge in [-0.1, -0.05) is 55.0 Å². The van der Waals surface area contributed by atoms with E-state index in [9.17, 15) is 22.5 Å². The summed E-state index contributed by atoms with van der Waals surface area (Å²) in [5.74, 6) is -0.407. The van der Waals surface area contributed by atoms with Gasteiger partial charge in [-0.05, 0) is 72.2 Å². The Morgan fingerprint density at radius 1 is 0.897 bits per heavy atom. The molecule has 4 unspecified atom stereocenters. The van der Waals surface area contributed by atoms with Crippen molar-refractivity contribution in [1.29, 1.82) is 0 Å². The largest absolute Gasteiger partial charge is 0.573 e. The average molecular weight is 560 g/mol. The van der Waals surface area contributed by atoms with Crippen LogP contribution in [0.3, 0.4) is 0 Å². The lowest BCUT2D eigenvalue weighted by molar-refractivity contribution is -0.274. The second-order valence-corrected chi connectivity index (χ2v) is 12.1. The molecule has 2 aliphatic carbocycles. The molecule has 3 N–H and O–H groups in total. The van der Waals surface area contributed by atoms with E-state index in [0.717, 1.165) is 37.8 Å². The summed E-state index contributed by atoms with van der Waals surface area (Å²) >= 11 is 0. The lowest BCUT2D eigenvalue weighted by Crippen LogP contribution is -2.56. The molecule has 0 aromatic heterocycles. The summed E-state index contributed by atoms with van der Waals surface area (Å²) in [5.41, 5.74) is 4.94. The average Bonchev–Trinajstić information content (AvgIpc) is 3.07. The van der Waals surface area contributed by atoms with Crippen molar-refractivity contribution in [1.82, 2.24) is 10.0 Å². The van der Waals surface area contributed by atoms with Crippen LogP contribution in [0.1, 0.15) is 47.6 Å². The number of nitrogens with one attached hydrogen (secondary N) is 2. The number of benzene rings is 3. The highest BCUT2D eigenvalue weighted by molar-refractivity contribution is 7.91. The fraction of sp³-hybridized carbons (Fsp3) is 0.379. The summed E-state index contributed by atoms with van der Waals surface area (Å²) in [5, 5.41) is 15.2. The van der Waals surface area contributed by atoms with Gasteiger partial charge in [0.2, 0.25) is 0 Å². The molecule has 1 fully saturated rings. The van der Waals surface area contributed by atoms with Gasteiger partial charge in [-0.2, -0.15) is 0 Å². The quantitative estimate of drug-likeness (QED) is 0.383. The number of fused-ring (bicyclic) bond motifs is 2. The number of aryl methyl sites for hydroxylation is 2. The molecule has 10 heteroatoms. The van der Waals surface area contributed by atoms with Crippen molar-refractivity contribution < 1.29 is 27.2 Å². The van der Waals surface area contributed by atoms with E-state index in [1.165, 1.54) is 41.4 Å². The smallest absolute Gasteiger partial charge is 0.406 e. The normalized spacial score (nSPS) is 23.2. The van der Waals surface area contributed by atoms with Crippen molar-refractivity contribution in [3.8, 4) is 5.75 Å². The van der Waals surface area contributed by atoms with Crippen LogP contribution in [0.2, 0.25) is 0 Å². The minimum absolute atomic E-state index is 0.0975. The van der Waals surface area contributed by atoms with Gasteiger partial charge in [0.1, 0.15) is 15.7 Å². The van der Waals surface area contributed by atoms with Crippen LogP contribution in [0.4, 0.5) is 13.2 Å². The molecule has 4 atom stereocenters. The third-order valence-corrected chi connectivity index (χ3v) is 9.62. The number of ether oxygens (including phenoxy) is 1. The molecule has 6 nitrogen and oxygen atoms in total. The van der Waals surface area contributed by atoms with Gasteiger partial charge in [-0.15, -0.1) is 13.2 Å². The van der Waals surface area contributed by atoms with Crippen LogP contribution >= 0.6 is 0 Å². The standard InChI is InChI=1S/C29H32F3N3O3S/c1-33-39(37,22-17-15-21(16-18-22)38-29(30,31)32)35-26-12-6-11-25(28(26)36)34-27-23-9-4-2-7-19(23)13-14-20-8-3-5-10-24(20)27/h2-5,7-10,15-18,25-28,34,36H,6,11-14H2,1H3,(H,33,35,37). The van der Waals surface area contributed by atoms with Crippen LogP contribution in [-0.4, -0.2) is 40.9 Å². The highest BCUT2D eigenvalue weighted by Gasteiger charge is 2.37. The van der Waals surface area contributed by atoms with Crippen LogP contribution in [0, 0.1) is 0 Å². The first kappa shape index (κ1) is 27.6. The van der Waals surface area contributed by atoms with Crippen molar-refractivity contribution in [2.24, 2.45) is 4.36 Å². The van der Waals surface area contributed by atoms with Gasteiger partial charge in [0.25, 0.3) is 0 Å². The summed E-state index contributed by atoms with van der Waals surface area (Å²) in [4.78, 5) is 0.216. The molecule has 5 rings (SSSR count). The van der Waals surface area contributed by atoms with E-state index in [1.54, 1.807) is 0 Å². The van der Waals surface area contributed by atoms with Gasteiger partial charge in [0.15, 0.2) is 0 Å². The summed E-state index contributed by atoms with van der Waals surface area (Å²) in [7, 11) is -1.82. The zero-order valence-corrected chi connectivity index (χ0v) is 22.3. The van der Waals surface area contributed by atoms with Crippen LogP contribution in [0.25, 0.3) is 0 Å². The Balaban J connectivity index is 1.37. The Hall–Kier alpha value is -2.92. The molecular formula is C29H32F3N3O3S. The van der Waals surface area contributed by atoms with Gasteiger partial charge in [0.05, 0.1) is 17.0 Å². The summed E-state index contributed by atoms with van der Waals surface area (Å²) < 4.78 is 62.4. The van der Waals surface area contributed by atoms with E-state index in [1.807, 2.05) is 24.3 Å². The van der Waals surface area contributed by atoms with E-state index in [-0.39, 0.29) is 17.0 Å². The van der Waals surface area contributed by atoms with Crippen molar-refractivity contribution in [2.45, 2.75) is 67.6 Å². The molecule has 0 radical (unpaired) electrons. The maximum Gasteiger partial charge on any atom is 0.573 e. The second-order valence-electron chi connectivity index (χ2n) is 9.98. The molecule has 3 aromatic rings. The van der Waals surface area contributed by atoms with E-state index in [0.29, 0.717) is 6.42 Å². The van der Waals surface area contributed by atoms with E-state index in [2.05, 4.69) is 43.4 Å². The Kier molecular flexibility index (Phi) is 8.00. The third-order valence-electron chi connectivity index (χ3n) is 7.58. The first-order valence-corrected chi connectivity index (χ1v) is 14.6. The minimum Gasteiger partial charge on any atom is -0.406 e. The van der Waals surface area contributed by atoms with Crippen molar-refractivity contribution in [3.05, 3.63) is 95.1 Å². The van der Waals surface area contributed by atoms with Gasteiger partial charge in [-0.3, -0.25) is 0 Å². The summed E-state index contributed by atoms with van der Waals surface area (Å²) in [6, 6.07) is 20.7. The second kappa shape index (κ2) is 11.3. The monoisotopic (exact) mass is 559 g/mol. The molecular weight excluding hydrogens is 527 g/mol. The summed E-state index contributed by atoms with van der Waals surface area (Å²) in [6.45, 7) is 0. The predicted octanol–water partition coefficient (Wildman–Crippen LogP) is 5.31. The number of halogens is 3. The van der Waals surface area contributed by atoms with Crippen LogP contribution < -0.4 is 14.8 Å². The van der Waals surface area contributed by atoms with Crippen LogP contribution in [0.15, 0.2) is 82.1 Å². The summed E-state index contributed by atoms with van der Waals surface area (Å²) in [6.07, 6.45) is -1.68. The third kappa shape index (κ3) is 6.14. The topological polar surface area (TPSA) is 83.0 Å². The highest BCUT2D eigenvalue weighted by atomic mass is 32.2. The van der Waals surface area contributed by atoms with Gasteiger partial charge < -0.3 is 15.2 Å². The Bertz CT molecular complexity index is 1370. The zero-order valence-electron chi connectivity index (χ0n) is 21.5. The molecule has 39 heavy (non-hydrogen) atoms. The molecule has 1 saturated carbocycles. The van der Waals surface area contributed by atoms with Gasteiger partial charge >= 0.3 is 6.36 Å². The molecule has 0 aliphatic heterocycles. The molecule has 0 heterocycles. The molecule has 208 valence electrons. The zero-order chi connectivity index (χ0) is 27.6.